The molecule has 0 radical (unpaired) electrons. The minimum atomic E-state index is -0.486. The first kappa shape index (κ1) is 25.6. The number of benzene rings is 2. The SMILES string of the molecule is CCC(C)N1CC[C@H](C(=O)NO)[C@H](NC(=O)c2ccc(OCc3cc(C)nc4ccccc34)cc2)C1. The molecule has 1 aromatic heterocycles. The van der Waals surface area contributed by atoms with Gasteiger partial charge in [0.2, 0.25) is 5.91 Å². The van der Waals surface area contributed by atoms with Crippen molar-refractivity contribution >= 4 is 22.7 Å². The number of hydroxylamine groups is 1. The average Bonchev–Trinajstić information content (AvgIpc) is 2.90. The van der Waals surface area contributed by atoms with Crippen LogP contribution in [0.2, 0.25) is 0 Å². The molecule has 8 heteroatoms. The van der Waals surface area contributed by atoms with Gasteiger partial charge in [-0.1, -0.05) is 25.1 Å². The Hall–Kier alpha value is -3.49. The number of fused-ring (bicyclic) bond motifs is 1. The number of aromatic nitrogens is 1. The largest absolute Gasteiger partial charge is 0.489 e. The number of para-hydroxylation sites is 1. The third kappa shape index (κ3) is 5.83. The van der Waals surface area contributed by atoms with E-state index in [-0.39, 0.29) is 5.91 Å². The molecule has 2 amide bonds. The van der Waals surface area contributed by atoms with Crippen LogP contribution in [0.15, 0.2) is 54.6 Å². The Morgan fingerprint density at radius 1 is 1.19 bits per heavy atom. The Kier molecular flexibility index (Phi) is 8.18. The van der Waals surface area contributed by atoms with Gasteiger partial charge in [-0.05, 0) is 69.6 Å². The first-order valence-electron chi connectivity index (χ1n) is 12.5. The third-order valence-corrected chi connectivity index (χ3v) is 7.06. The molecular formula is C28H34N4O4. The highest BCUT2D eigenvalue weighted by atomic mass is 16.5. The lowest BCUT2D eigenvalue weighted by Crippen LogP contribution is -2.57. The van der Waals surface area contributed by atoms with Crippen LogP contribution in [0, 0.1) is 12.8 Å². The highest BCUT2D eigenvalue weighted by Crippen LogP contribution is 2.23. The van der Waals surface area contributed by atoms with Crippen molar-refractivity contribution < 1.29 is 19.5 Å². The topological polar surface area (TPSA) is 104 Å². The average molecular weight is 491 g/mol. The van der Waals surface area contributed by atoms with Crippen LogP contribution in [-0.2, 0) is 11.4 Å². The Morgan fingerprint density at radius 2 is 1.94 bits per heavy atom. The van der Waals surface area contributed by atoms with Gasteiger partial charge in [0.1, 0.15) is 12.4 Å². The maximum Gasteiger partial charge on any atom is 0.251 e. The number of amides is 2. The molecule has 36 heavy (non-hydrogen) atoms. The summed E-state index contributed by atoms with van der Waals surface area (Å²) < 4.78 is 6.01. The van der Waals surface area contributed by atoms with Crippen LogP contribution >= 0.6 is 0 Å². The molecule has 1 saturated heterocycles. The van der Waals surface area contributed by atoms with Crippen molar-refractivity contribution in [1.82, 2.24) is 20.7 Å². The van der Waals surface area contributed by atoms with E-state index in [1.807, 2.05) is 37.3 Å². The second kappa shape index (κ2) is 11.5. The Morgan fingerprint density at radius 3 is 2.67 bits per heavy atom. The number of nitrogens with one attached hydrogen (secondary N) is 2. The second-order valence-corrected chi connectivity index (χ2v) is 9.46. The van der Waals surface area contributed by atoms with Gasteiger partial charge in [0.25, 0.3) is 5.91 Å². The fourth-order valence-corrected chi connectivity index (χ4v) is 4.81. The molecule has 0 saturated carbocycles. The number of hydrogen-bond acceptors (Lipinski definition) is 6. The normalized spacial score (nSPS) is 19.0. The molecule has 0 spiro atoms. The predicted octanol–water partition coefficient (Wildman–Crippen LogP) is 3.85. The molecule has 3 N–H and O–H groups in total. The Bertz CT molecular complexity index is 1210. The molecule has 3 aromatic rings. The minimum Gasteiger partial charge on any atom is -0.489 e. The molecule has 0 bridgehead atoms. The van der Waals surface area contributed by atoms with Gasteiger partial charge in [-0.15, -0.1) is 0 Å². The number of pyridine rings is 1. The van der Waals surface area contributed by atoms with Crippen molar-refractivity contribution in [2.75, 3.05) is 13.1 Å². The van der Waals surface area contributed by atoms with Crippen LogP contribution in [0.5, 0.6) is 5.75 Å². The molecule has 0 aliphatic carbocycles. The van der Waals surface area contributed by atoms with E-state index in [0.717, 1.165) is 35.1 Å². The second-order valence-electron chi connectivity index (χ2n) is 9.46. The monoisotopic (exact) mass is 490 g/mol. The molecule has 8 nitrogen and oxygen atoms in total. The summed E-state index contributed by atoms with van der Waals surface area (Å²) in [5, 5.41) is 13.2. The van der Waals surface area contributed by atoms with E-state index in [2.05, 4.69) is 29.0 Å². The smallest absolute Gasteiger partial charge is 0.251 e. The van der Waals surface area contributed by atoms with Gasteiger partial charge in [-0.25, -0.2) is 5.48 Å². The van der Waals surface area contributed by atoms with Crippen LogP contribution in [0.4, 0.5) is 0 Å². The number of carbonyl (C=O) groups excluding carboxylic acids is 2. The first-order valence-corrected chi connectivity index (χ1v) is 12.5. The van der Waals surface area contributed by atoms with Crippen molar-refractivity contribution in [3.05, 3.63) is 71.4 Å². The standard InChI is InChI=1S/C28H34N4O4/c1-4-19(3)32-14-13-24(28(34)31-35)26(16-32)30-27(33)20-9-11-22(12-10-20)36-17-21-15-18(2)29-25-8-6-5-7-23(21)25/h5-12,15,19,24,26,35H,4,13-14,16-17H2,1-3H3,(H,30,33)(H,31,34)/t19?,24-,26+/m0/s1. The molecular weight excluding hydrogens is 456 g/mol. The summed E-state index contributed by atoms with van der Waals surface area (Å²) in [4.78, 5) is 32.1. The van der Waals surface area contributed by atoms with Gasteiger partial charge in [-0.2, -0.15) is 0 Å². The highest BCUT2D eigenvalue weighted by molar-refractivity contribution is 5.95. The summed E-state index contributed by atoms with van der Waals surface area (Å²) in [7, 11) is 0. The van der Waals surface area contributed by atoms with E-state index in [9.17, 15) is 14.8 Å². The van der Waals surface area contributed by atoms with Crippen molar-refractivity contribution in [3.63, 3.8) is 0 Å². The molecule has 3 atom stereocenters. The molecule has 1 fully saturated rings. The van der Waals surface area contributed by atoms with E-state index >= 15 is 0 Å². The van der Waals surface area contributed by atoms with Crippen LogP contribution in [0.1, 0.15) is 48.3 Å². The fourth-order valence-electron chi connectivity index (χ4n) is 4.81. The number of aryl methyl sites for hydroxylation is 1. The van der Waals surface area contributed by atoms with Crippen molar-refractivity contribution in [3.8, 4) is 5.75 Å². The van der Waals surface area contributed by atoms with Gasteiger partial charge >= 0.3 is 0 Å². The lowest BCUT2D eigenvalue weighted by molar-refractivity contribution is -0.136. The van der Waals surface area contributed by atoms with E-state index in [4.69, 9.17) is 4.74 Å². The molecule has 2 heterocycles. The van der Waals surface area contributed by atoms with E-state index in [1.54, 1.807) is 29.7 Å². The summed E-state index contributed by atoms with van der Waals surface area (Å²) in [6, 6.07) is 16.9. The summed E-state index contributed by atoms with van der Waals surface area (Å²) >= 11 is 0. The maximum absolute atomic E-state index is 13.0. The molecule has 1 unspecified atom stereocenters. The van der Waals surface area contributed by atoms with Crippen molar-refractivity contribution in [2.45, 2.75) is 52.3 Å². The van der Waals surface area contributed by atoms with Gasteiger partial charge in [-0.3, -0.25) is 24.7 Å². The Labute approximate surface area is 211 Å². The zero-order chi connectivity index (χ0) is 25.7. The van der Waals surface area contributed by atoms with Crippen LogP contribution in [0.3, 0.4) is 0 Å². The molecule has 4 rings (SSSR count). The number of ether oxygens (including phenoxy) is 1. The quantitative estimate of drug-likeness (QED) is 0.327. The maximum atomic E-state index is 13.0. The lowest BCUT2D eigenvalue weighted by Gasteiger charge is -2.40. The number of carbonyl (C=O) groups is 2. The van der Waals surface area contributed by atoms with Crippen LogP contribution in [-0.4, -0.2) is 52.1 Å². The minimum absolute atomic E-state index is 0.260. The predicted molar refractivity (Wildman–Crippen MR) is 138 cm³/mol. The lowest BCUT2D eigenvalue weighted by atomic mass is 9.89. The molecule has 2 aromatic carbocycles. The number of nitrogens with zero attached hydrogens (tertiary/aromatic N) is 2. The summed E-state index contributed by atoms with van der Waals surface area (Å²) in [6.07, 6.45) is 1.55. The number of piperidine rings is 1. The molecule has 190 valence electrons. The van der Waals surface area contributed by atoms with Gasteiger partial charge in [0, 0.05) is 34.8 Å². The van der Waals surface area contributed by atoms with E-state index in [0.29, 0.717) is 36.9 Å². The van der Waals surface area contributed by atoms with Crippen molar-refractivity contribution in [2.24, 2.45) is 5.92 Å². The summed E-state index contributed by atoms with van der Waals surface area (Å²) in [5.41, 5.74) is 5.16. The molecule has 1 aliphatic heterocycles. The summed E-state index contributed by atoms with van der Waals surface area (Å²) in [5.74, 6) is -0.556. The van der Waals surface area contributed by atoms with Gasteiger partial charge in [0.15, 0.2) is 0 Å². The van der Waals surface area contributed by atoms with Gasteiger partial charge < -0.3 is 10.1 Å². The van der Waals surface area contributed by atoms with Gasteiger partial charge in [0.05, 0.1) is 17.5 Å². The van der Waals surface area contributed by atoms with E-state index in [1.165, 1.54) is 0 Å². The zero-order valence-corrected chi connectivity index (χ0v) is 21.0. The third-order valence-electron chi connectivity index (χ3n) is 7.06. The van der Waals surface area contributed by atoms with E-state index < -0.39 is 17.9 Å². The van der Waals surface area contributed by atoms with Crippen molar-refractivity contribution in [1.29, 1.82) is 0 Å². The zero-order valence-electron chi connectivity index (χ0n) is 21.0. The number of likely N-dealkylation sites (tertiary alicyclic amines) is 1. The Balaban J connectivity index is 1.42. The van der Waals surface area contributed by atoms with Crippen LogP contribution < -0.4 is 15.5 Å². The first-order chi connectivity index (χ1) is 17.4. The highest BCUT2D eigenvalue weighted by Gasteiger charge is 2.36. The summed E-state index contributed by atoms with van der Waals surface area (Å²) in [6.45, 7) is 7.91. The number of hydrogen-bond donors (Lipinski definition) is 3. The number of rotatable bonds is 8. The van der Waals surface area contributed by atoms with Crippen LogP contribution in [0.25, 0.3) is 10.9 Å². The fraction of sp³-hybridized carbons (Fsp3) is 0.393. The molecule has 1 aliphatic rings.